The van der Waals surface area contributed by atoms with Gasteiger partial charge in [0.1, 0.15) is 0 Å². The van der Waals surface area contributed by atoms with Crippen molar-refractivity contribution in [2.75, 3.05) is 18.5 Å². The number of hydrogen-bond acceptors (Lipinski definition) is 4. The normalized spacial score (nSPS) is 10.8. The van der Waals surface area contributed by atoms with E-state index in [9.17, 15) is 0 Å². The first-order valence-corrected chi connectivity index (χ1v) is 7.99. The second kappa shape index (κ2) is 7.41. The lowest BCUT2D eigenvalue weighted by atomic mass is 10.1. The van der Waals surface area contributed by atoms with Gasteiger partial charge in [-0.2, -0.15) is 0 Å². The number of benzene rings is 1. The van der Waals surface area contributed by atoms with Gasteiger partial charge in [-0.05, 0) is 25.5 Å². The van der Waals surface area contributed by atoms with Crippen LogP contribution in [0.4, 0.5) is 5.13 Å². The first-order chi connectivity index (χ1) is 9.69. The average molecular weight is 289 g/mol. The van der Waals surface area contributed by atoms with Crippen molar-refractivity contribution >= 4 is 16.5 Å². The van der Waals surface area contributed by atoms with Gasteiger partial charge in [0.05, 0.1) is 5.69 Å². The summed E-state index contributed by atoms with van der Waals surface area (Å²) in [6.07, 6.45) is 1.16. The van der Waals surface area contributed by atoms with Crippen LogP contribution >= 0.6 is 11.3 Å². The highest BCUT2D eigenvalue weighted by molar-refractivity contribution is 7.13. The molecule has 0 saturated carbocycles. The van der Waals surface area contributed by atoms with Gasteiger partial charge in [-0.15, -0.1) is 11.3 Å². The minimum atomic E-state index is 0.864. The highest BCUT2D eigenvalue weighted by Gasteiger charge is 2.07. The van der Waals surface area contributed by atoms with Crippen molar-refractivity contribution in [1.29, 1.82) is 0 Å². The summed E-state index contributed by atoms with van der Waals surface area (Å²) in [6.45, 7) is 7.10. The third-order valence-corrected chi connectivity index (χ3v) is 4.14. The zero-order valence-corrected chi connectivity index (χ0v) is 13.3. The maximum absolute atomic E-state index is 4.68. The standard InChI is InChI=1S/C16H23N3S/c1-4-9-17-10-15-12-20-16(18-15)19(3)11-14-7-5-13(2)6-8-14/h5-8,12,17H,4,9-11H2,1-3H3. The Hall–Kier alpha value is -1.39. The third-order valence-electron chi connectivity index (χ3n) is 3.14. The number of rotatable bonds is 7. The van der Waals surface area contributed by atoms with Crippen LogP contribution in [-0.4, -0.2) is 18.6 Å². The van der Waals surface area contributed by atoms with Crippen molar-refractivity contribution in [1.82, 2.24) is 10.3 Å². The average Bonchev–Trinajstić information content (AvgIpc) is 2.91. The van der Waals surface area contributed by atoms with Crippen LogP contribution in [-0.2, 0) is 13.1 Å². The summed E-state index contributed by atoms with van der Waals surface area (Å²) in [5.74, 6) is 0. The topological polar surface area (TPSA) is 28.2 Å². The van der Waals surface area contributed by atoms with Crippen LogP contribution in [0.25, 0.3) is 0 Å². The van der Waals surface area contributed by atoms with Crippen LogP contribution in [0, 0.1) is 6.92 Å². The van der Waals surface area contributed by atoms with Crippen LogP contribution in [0.15, 0.2) is 29.6 Å². The first kappa shape index (κ1) is 15.0. The van der Waals surface area contributed by atoms with Crippen molar-refractivity contribution in [2.45, 2.75) is 33.4 Å². The highest BCUT2D eigenvalue weighted by atomic mass is 32.1. The molecule has 0 radical (unpaired) electrons. The molecule has 2 rings (SSSR count). The van der Waals surface area contributed by atoms with Crippen molar-refractivity contribution in [3.63, 3.8) is 0 Å². The summed E-state index contributed by atoms with van der Waals surface area (Å²) in [4.78, 5) is 6.88. The lowest BCUT2D eigenvalue weighted by molar-refractivity contribution is 0.666. The van der Waals surface area contributed by atoms with Crippen LogP contribution in [0.5, 0.6) is 0 Å². The first-order valence-electron chi connectivity index (χ1n) is 7.11. The van der Waals surface area contributed by atoms with Gasteiger partial charge >= 0.3 is 0 Å². The van der Waals surface area contributed by atoms with Gasteiger partial charge in [-0.1, -0.05) is 36.8 Å². The summed E-state index contributed by atoms with van der Waals surface area (Å²) in [7, 11) is 2.10. The Bertz CT molecular complexity index is 519. The van der Waals surface area contributed by atoms with E-state index in [4.69, 9.17) is 0 Å². The molecule has 1 aromatic heterocycles. The van der Waals surface area contributed by atoms with Crippen LogP contribution < -0.4 is 10.2 Å². The van der Waals surface area contributed by atoms with Crippen LogP contribution in [0.1, 0.15) is 30.2 Å². The zero-order valence-electron chi connectivity index (χ0n) is 12.5. The summed E-state index contributed by atoms with van der Waals surface area (Å²) in [5, 5.41) is 6.61. The molecule has 0 fully saturated rings. The van der Waals surface area contributed by atoms with E-state index in [1.54, 1.807) is 11.3 Å². The molecule has 108 valence electrons. The molecule has 1 heterocycles. The Morgan fingerprint density at radius 3 is 2.70 bits per heavy atom. The van der Waals surface area contributed by atoms with E-state index >= 15 is 0 Å². The minimum absolute atomic E-state index is 0.864. The Labute approximate surface area is 125 Å². The molecule has 4 heteroatoms. The molecule has 1 N–H and O–H groups in total. The van der Waals surface area contributed by atoms with E-state index in [-0.39, 0.29) is 0 Å². The quantitative estimate of drug-likeness (QED) is 0.790. The molecule has 0 spiro atoms. The van der Waals surface area contributed by atoms with Gasteiger partial charge in [-0.3, -0.25) is 0 Å². The Morgan fingerprint density at radius 2 is 2.00 bits per heavy atom. The number of nitrogens with zero attached hydrogens (tertiary/aromatic N) is 2. The molecule has 0 aliphatic carbocycles. The molecule has 0 bridgehead atoms. The summed E-state index contributed by atoms with van der Waals surface area (Å²) in [5.41, 5.74) is 3.75. The molecule has 3 nitrogen and oxygen atoms in total. The molecule has 0 atom stereocenters. The molecule has 0 aliphatic heterocycles. The summed E-state index contributed by atoms with van der Waals surface area (Å²) >= 11 is 1.71. The van der Waals surface area contributed by atoms with Gasteiger partial charge in [0, 0.05) is 25.5 Å². The Balaban J connectivity index is 1.91. The monoisotopic (exact) mass is 289 g/mol. The molecule has 20 heavy (non-hydrogen) atoms. The molecule has 1 aromatic carbocycles. The van der Waals surface area contributed by atoms with Crippen molar-refractivity contribution in [3.05, 3.63) is 46.5 Å². The van der Waals surface area contributed by atoms with Crippen LogP contribution in [0.3, 0.4) is 0 Å². The van der Waals surface area contributed by atoms with E-state index < -0.39 is 0 Å². The lowest BCUT2D eigenvalue weighted by Crippen LogP contribution is -2.17. The van der Waals surface area contributed by atoms with E-state index in [1.165, 1.54) is 11.1 Å². The van der Waals surface area contributed by atoms with Gasteiger partial charge in [-0.25, -0.2) is 4.98 Å². The second-order valence-corrected chi connectivity index (χ2v) is 5.98. The molecule has 2 aromatic rings. The molecule has 0 saturated heterocycles. The highest BCUT2D eigenvalue weighted by Crippen LogP contribution is 2.21. The number of aryl methyl sites for hydroxylation is 1. The fourth-order valence-electron chi connectivity index (χ4n) is 1.98. The summed E-state index contributed by atoms with van der Waals surface area (Å²) < 4.78 is 0. The maximum Gasteiger partial charge on any atom is 0.185 e. The van der Waals surface area contributed by atoms with E-state index in [1.807, 2.05) is 0 Å². The van der Waals surface area contributed by atoms with E-state index in [2.05, 4.69) is 65.7 Å². The van der Waals surface area contributed by atoms with E-state index in [0.29, 0.717) is 0 Å². The number of aromatic nitrogens is 1. The predicted molar refractivity (Wildman–Crippen MR) is 87.4 cm³/mol. The summed E-state index contributed by atoms with van der Waals surface area (Å²) in [6, 6.07) is 8.68. The van der Waals surface area contributed by atoms with Crippen molar-refractivity contribution in [2.24, 2.45) is 0 Å². The molecule has 0 aliphatic rings. The number of hydrogen-bond donors (Lipinski definition) is 1. The van der Waals surface area contributed by atoms with Gasteiger partial charge in [0.2, 0.25) is 0 Å². The number of thiazole rings is 1. The predicted octanol–water partition coefficient (Wildman–Crippen LogP) is 3.59. The second-order valence-electron chi connectivity index (χ2n) is 5.14. The molecular weight excluding hydrogens is 266 g/mol. The zero-order chi connectivity index (χ0) is 14.4. The number of anilines is 1. The lowest BCUT2D eigenvalue weighted by Gasteiger charge is -2.15. The minimum Gasteiger partial charge on any atom is -0.347 e. The SMILES string of the molecule is CCCNCc1csc(N(C)Cc2ccc(C)cc2)n1. The van der Waals surface area contributed by atoms with Crippen molar-refractivity contribution < 1.29 is 0 Å². The van der Waals surface area contributed by atoms with Gasteiger partial charge in [0.15, 0.2) is 5.13 Å². The van der Waals surface area contributed by atoms with Crippen LogP contribution in [0.2, 0.25) is 0 Å². The van der Waals surface area contributed by atoms with Gasteiger partial charge < -0.3 is 10.2 Å². The van der Waals surface area contributed by atoms with Crippen molar-refractivity contribution in [3.8, 4) is 0 Å². The molecular formula is C16H23N3S. The van der Waals surface area contributed by atoms with Gasteiger partial charge in [0.25, 0.3) is 0 Å². The smallest absolute Gasteiger partial charge is 0.185 e. The largest absolute Gasteiger partial charge is 0.347 e. The Kier molecular flexibility index (Phi) is 5.56. The Morgan fingerprint density at radius 1 is 1.25 bits per heavy atom. The fourth-order valence-corrected chi connectivity index (χ4v) is 2.77. The van der Waals surface area contributed by atoms with E-state index in [0.717, 1.165) is 36.9 Å². The number of nitrogens with one attached hydrogen (secondary N) is 1. The molecule has 0 unspecified atom stereocenters. The maximum atomic E-state index is 4.68. The third kappa shape index (κ3) is 4.32. The fraction of sp³-hybridized carbons (Fsp3) is 0.438. The molecule has 0 amide bonds.